The fourth-order valence-electron chi connectivity index (χ4n) is 1.47. The molecule has 1 aliphatic rings. The summed E-state index contributed by atoms with van der Waals surface area (Å²) in [6.45, 7) is 6.46. The van der Waals surface area contributed by atoms with Gasteiger partial charge in [0.05, 0.1) is 0 Å². The molecule has 2 rings (SSSR count). The van der Waals surface area contributed by atoms with Crippen LogP contribution in [0.2, 0.25) is 0 Å². The molecule has 1 aliphatic heterocycles. The average molecular weight is 221 g/mol. The number of hydrogen-bond acceptors (Lipinski definition) is 4. The summed E-state index contributed by atoms with van der Waals surface area (Å²) in [6, 6.07) is 3.57. The van der Waals surface area contributed by atoms with Crippen LogP contribution < -0.4 is 14.8 Å². The van der Waals surface area contributed by atoms with E-state index in [1.54, 1.807) is 12.1 Å². The Morgan fingerprint density at radius 2 is 2.19 bits per heavy atom. The fraction of sp³-hybridized carbons (Fsp3) is 0.333. The predicted octanol–water partition coefficient (Wildman–Crippen LogP) is 1.78. The van der Waals surface area contributed by atoms with Crippen molar-refractivity contribution in [3.8, 4) is 17.2 Å². The van der Waals surface area contributed by atoms with Crippen molar-refractivity contribution in [2.45, 2.75) is 19.5 Å². The van der Waals surface area contributed by atoms with Gasteiger partial charge in [-0.1, -0.05) is 6.08 Å². The van der Waals surface area contributed by atoms with Crippen LogP contribution in [0.3, 0.4) is 0 Å². The zero-order valence-corrected chi connectivity index (χ0v) is 9.19. The first-order valence-electron chi connectivity index (χ1n) is 5.18. The van der Waals surface area contributed by atoms with Gasteiger partial charge in [0.2, 0.25) is 6.79 Å². The molecule has 1 atom stereocenters. The average Bonchev–Trinajstić information content (AvgIpc) is 2.72. The quantitative estimate of drug-likeness (QED) is 0.761. The van der Waals surface area contributed by atoms with Crippen LogP contribution >= 0.6 is 0 Å². The minimum atomic E-state index is 0.199. The molecule has 2 N–H and O–H groups in total. The Bertz CT molecular complexity index is 403. The third kappa shape index (κ3) is 2.12. The number of phenols is 1. The molecule has 86 valence electrons. The largest absolute Gasteiger partial charge is 0.507 e. The van der Waals surface area contributed by atoms with Crippen LogP contribution in [0.15, 0.2) is 24.8 Å². The van der Waals surface area contributed by atoms with Crippen LogP contribution in [-0.4, -0.2) is 17.9 Å². The standard InChI is InChI=1S/C12H15NO3/c1-3-8(2)13-6-9-4-11-12(5-10(9)14)16-7-15-11/h3-5,8,13-14H,1,6-7H2,2H3. The summed E-state index contributed by atoms with van der Waals surface area (Å²) in [5, 5.41) is 13.0. The van der Waals surface area contributed by atoms with Gasteiger partial charge in [0, 0.05) is 24.2 Å². The zero-order chi connectivity index (χ0) is 11.5. The van der Waals surface area contributed by atoms with E-state index in [9.17, 15) is 5.11 Å². The summed E-state index contributed by atoms with van der Waals surface area (Å²) < 4.78 is 10.4. The van der Waals surface area contributed by atoms with E-state index in [1.807, 2.05) is 13.0 Å². The molecule has 16 heavy (non-hydrogen) atoms. The van der Waals surface area contributed by atoms with E-state index in [4.69, 9.17) is 9.47 Å². The van der Waals surface area contributed by atoms with E-state index < -0.39 is 0 Å². The number of phenolic OH excluding ortho intramolecular Hbond substituents is 1. The number of ether oxygens (including phenoxy) is 2. The maximum absolute atomic E-state index is 9.76. The zero-order valence-electron chi connectivity index (χ0n) is 9.19. The molecule has 0 bridgehead atoms. The highest BCUT2D eigenvalue weighted by Crippen LogP contribution is 2.37. The van der Waals surface area contributed by atoms with Crippen molar-refractivity contribution in [3.05, 3.63) is 30.4 Å². The number of rotatable bonds is 4. The summed E-state index contributed by atoms with van der Waals surface area (Å²) in [6.07, 6.45) is 1.81. The maximum atomic E-state index is 9.76. The van der Waals surface area contributed by atoms with Crippen molar-refractivity contribution in [2.75, 3.05) is 6.79 Å². The fourth-order valence-corrected chi connectivity index (χ4v) is 1.47. The number of aromatic hydroxyl groups is 1. The Kier molecular flexibility index (Phi) is 3.01. The van der Waals surface area contributed by atoms with Crippen LogP contribution in [0, 0.1) is 0 Å². The lowest BCUT2D eigenvalue weighted by molar-refractivity contribution is 0.174. The van der Waals surface area contributed by atoms with E-state index in [0.29, 0.717) is 18.0 Å². The molecule has 0 spiro atoms. The normalized spacial score (nSPS) is 14.8. The summed E-state index contributed by atoms with van der Waals surface area (Å²) in [5.74, 6) is 1.49. The van der Waals surface area contributed by atoms with Gasteiger partial charge in [-0.3, -0.25) is 0 Å². The summed E-state index contributed by atoms with van der Waals surface area (Å²) in [7, 11) is 0. The topological polar surface area (TPSA) is 50.7 Å². The van der Waals surface area contributed by atoms with Gasteiger partial charge in [-0.15, -0.1) is 6.58 Å². The first-order valence-corrected chi connectivity index (χ1v) is 5.18. The highest BCUT2D eigenvalue weighted by molar-refractivity contribution is 5.51. The molecule has 4 heteroatoms. The van der Waals surface area contributed by atoms with Gasteiger partial charge in [0.1, 0.15) is 5.75 Å². The van der Waals surface area contributed by atoms with Crippen LogP contribution in [0.5, 0.6) is 17.2 Å². The molecule has 0 aromatic heterocycles. The monoisotopic (exact) mass is 221 g/mol. The van der Waals surface area contributed by atoms with Crippen LogP contribution in [0.1, 0.15) is 12.5 Å². The number of hydrogen-bond donors (Lipinski definition) is 2. The number of nitrogens with one attached hydrogen (secondary N) is 1. The van der Waals surface area contributed by atoms with E-state index in [-0.39, 0.29) is 18.6 Å². The lowest BCUT2D eigenvalue weighted by Crippen LogP contribution is -2.22. The Balaban J connectivity index is 2.12. The van der Waals surface area contributed by atoms with Crippen molar-refractivity contribution in [3.63, 3.8) is 0 Å². The second-order valence-electron chi connectivity index (χ2n) is 3.74. The highest BCUT2D eigenvalue weighted by Gasteiger charge is 2.16. The second kappa shape index (κ2) is 4.45. The van der Waals surface area contributed by atoms with Crippen LogP contribution in [0.4, 0.5) is 0 Å². The Morgan fingerprint density at radius 1 is 1.50 bits per heavy atom. The van der Waals surface area contributed by atoms with E-state index in [2.05, 4.69) is 11.9 Å². The van der Waals surface area contributed by atoms with Gasteiger partial charge in [-0.2, -0.15) is 0 Å². The first-order chi connectivity index (χ1) is 7.70. The molecule has 0 radical (unpaired) electrons. The Hall–Kier alpha value is -1.68. The van der Waals surface area contributed by atoms with E-state index >= 15 is 0 Å². The van der Waals surface area contributed by atoms with Gasteiger partial charge < -0.3 is 19.9 Å². The molecular weight excluding hydrogens is 206 g/mol. The molecule has 0 fully saturated rings. The third-order valence-corrected chi connectivity index (χ3v) is 2.54. The minimum absolute atomic E-state index is 0.199. The molecule has 4 nitrogen and oxygen atoms in total. The predicted molar refractivity (Wildman–Crippen MR) is 60.7 cm³/mol. The van der Waals surface area contributed by atoms with Crippen molar-refractivity contribution in [1.29, 1.82) is 0 Å². The molecule has 0 saturated carbocycles. The highest BCUT2D eigenvalue weighted by atomic mass is 16.7. The molecule has 0 saturated heterocycles. The SMILES string of the molecule is C=CC(C)NCc1cc2c(cc1O)OCO2. The lowest BCUT2D eigenvalue weighted by atomic mass is 10.1. The minimum Gasteiger partial charge on any atom is -0.507 e. The summed E-state index contributed by atoms with van der Waals surface area (Å²) in [4.78, 5) is 0. The smallest absolute Gasteiger partial charge is 0.231 e. The lowest BCUT2D eigenvalue weighted by Gasteiger charge is -2.10. The molecule has 0 aliphatic carbocycles. The van der Waals surface area contributed by atoms with Crippen molar-refractivity contribution in [1.82, 2.24) is 5.32 Å². The first kappa shape index (κ1) is 10.8. The maximum Gasteiger partial charge on any atom is 0.231 e. The molecule has 1 aromatic rings. The van der Waals surface area contributed by atoms with Gasteiger partial charge >= 0.3 is 0 Å². The summed E-state index contributed by atoms with van der Waals surface area (Å²) >= 11 is 0. The van der Waals surface area contributed by atoms with Crippen molar-refractivity contribution < 1.29 is 14.6 Å². The molecule has 1 aromatic carbocycles. The molecule has 1 unspecified atom stereocenters. The van der Waals surface area contributed by atoms with Crippen molar-refractivity contribution >= 4 is 0 Å². The Morgan fingerprint density at radius 3 is 2.88 bits per heavy atom. The van der Waals surface area contributed by atoms with Crippen LogP contribution in [0.25, 0.3) is 0 Å². The molecule has 1 heterocycles. The third-order valence-electron chi connectivity index (χ3n) is 2.54. The van der Waals surface area contributed by atoms with Crippen molar-refractivity contribution in [2.24, 2.45) is 0 Å². The second-order valence-corrected chi connectivity index (χ2v) is 3.74. The number of benzene rings is 1. The number of fused-ring (bicyclic) bond motifs is 1. The van der Waals surface area contributed by atoms with Gasteiger partial charge in [0.15, 0.2) is 11.5 Å². The van der Waals surface area contributed by atoms with Gasteiger partial charge in [0.25, 0.3) is 0 Å². The van der Waals surface area contributed by atoms with Gasteiger partial charge in [-0.05, 0) is 13.0 Å². The van der Waals surface area contributed by atoms with E-state index in [0.717, 1.165) is 5.56 Å². The summed E-state index contributed by atoms with van der Waals surface area (Å²) in [5.41, 5.74) is 0.790. The van der Waals surface area contributed by atoms with Gasteiger partial charge in [-0.25, -0.2) is 0 Å². The van der Waals surface area contributed by atoms with Crippen LogP contribution in [-0.2, 0) is 6.54 Å². The molecular formula is C12H15NO3. The Labute approximate surface area is 94.5 Å². The van der Waals surface area contributed by atoms with E-state index in [1.165, 1.54) is 0 Å². The molecule has 0 amide bonds.